The summed E-state index contributed by atoms with van der Waals surface area (Å²) in [6, 6.07) is 15.6. The Morgan fingerprint density at radius 2 is 1.87 bits per heavy atom. The predicted molar refractivity (Wildman–Crippen MR) is 128 cm³/mol. The molecule has 30 heavy (non-hydrogen) atoms. The van der Waals surface area contributed by atoms with Gasteiger partial charge in [0.05, 0.1) is 5.69 Å². The van der Waals surface area contributed by atoms with Gasteiger partial charge < -0.3 is 20.5 Å². The van der Waals surface area contributed by atoms with Gasteiger partial charge >= 0.3 is 0 Å². The minimum Gasteiger partial charge on any atom is -0.612 e. The van der Waals surface area contributed by atoms with Gasteiger partial charge in [-0.2, -0.15) is 0 Å². The largest absolute Gasteiger partial charge is 0.612 e. The van der Waals surface area contributed by atoms with Crippen LogP contribution >= 0.6 is 12.2 Å². The first kappa shape index (κ1) is 22.6. The molecule has 160 valence electrons. The number of Topliss-reactive ketones (excluding diaryl/α,β-unsaturated/α-hetero) is 1. The van der Waals surface area contributed by atoms with Crippen molar-refractivity contribution in [1.82, 2.24) is 4.90 Å². The van der Waals surface area contributed by atoms with Gasteiger partial charge in [-0.15, -0.1) is 0 Å². The van der Waals surface area contributed by atoms with Crippen molar-refractivity contribution < 1.29 is 9.35 Å². The molecular formula is C22H28N4O2S2. The van der Waals surface area contributed by atoms with Crippen molar-refractivity contribution in [3.05, 3.63) is 54.1 Å². The first-order valence-corrected chi connectivity index (χ1v) is 12.0. The van der Waals surface area contributed by atoms with E-state index in [1.165, 1.54) is 5.69 Å². The molecule has 1 atom stereocenters. The molecule has 3 N–H and O–H groups in total. The van der Waals surface area contributed by atoms with Crippen LogP contribution in [0.4, 0.5) is 11.4 Å². The molecule has 0 saturated carbocycles. The van der Waals surface area contributed by atoms with Gasteiger partial charge in [0, 0.05) is 43.9 Å². The number of carbonyl (C=O) groups excluding carboxylic acids is 1. The monoisotopic (exact) mass is 444 g/mol. The lowest BCUT2D eigenvalue weighted by Crippen LogP contribution is -2.46. The zero-order valence-electron chi connectivity index (χ0n) is 17.2. The SMILES string of the molecule is C[S+]([O-])c1ccc(C(=O)CCCN2CCN(c3ccccc3)CC2)cc1NC(N)=S. The fraction of sp³-hybridized carbons (Fsp3) is 0.364. The highest BCUT2D eigenvalue weighted by atomic mass is 32.2. The summed E-state index contributed by atoms with van der Waals surface area (Å²) in [5.41, 5.74) is 7.94. The molecule has 2 aromatic carbocycles. The third-order valence-electron chi connectivity index (χ3n) is 5.24. The van der Waals surface area contributed by atoms with E-state index in [1.54, 1.807) is 24.5 Å². The minimum absolute atomic E-state index is 0.0670. The van der Waals surface area contributed by atoms with Crippen molar-refractivity contribution in [2.45, 2.75) is 17.7 Å². The van der Waals surface area contributed by atoms with Crippen molar-refractivity contribution in [2.75, 3.05) is 49.2 Å². The molecule has 1 unspecified atom stereocenters. The van der Waals surface area contributed by atoms with Crippen LogP contribution in [0.3, 0.4) is 0 Å². The number of thiocarbonyl (C=S) groups is 1. The summed E-state index contributed by atoms with van der Waals surface area (Å²) < 4.78 is 11.9. The van der Waals surface area contributed by atoms with Gasteiger partial charge in [0.1, 0.15) is 6.26 Å². The Bertz CT molecular complexity index is 869. The molecular weight excluding hydrogens is 416 g/mol. The third kappa shape index (κ3) is 6.18. The molecule has 0 bridgehead atoms. The first-order chi connectivity index (χ1) is 14.4. The van der Waals surface area contributed by atoms with Crippen molar-refractivity contribution in [3.63, 3.8) is 0 Å². The van der Waals surface area contributed by atoms with E-state index in [4.69, 9.17) is 18.0 Å². The van der Waals surface area contributed by atoms with Crippen molar-refractivity contribution >= 4 is 45.7 Å². The van der Waals surface area contributed by atoms with Crippen molar-refractivity contribution in [2.24, 2.45) is 5.73 Å². The van der Waals surface area contributed by atoms with Crippen LogP contribution in [0.2, 0.25) is 0 Å². The number of carbonyl (C=O) groups is 1. The fourth-order valence-corrected chi connectivity index (χ4v) is 4.45. The average molecular weight is 445 g/mol. The quantitative estimate of drug-likeness (QED) is 0.368. The molecule has 0 radical (unpaired) electrons. The fourth-order valence-electron chi connectivity index (χ4n) is 3.66. The topological polar surface area (TPSA) is 84.7 Å². The maximum Gasteiger partial charge on any atom is 0.175 e. The van der Waals surface area contributed by atoms with Gasteiger partial charge in [0.2, 0.25) is 0 Å². The zero-order chi connectivity index (χ0) is 21.5. The summed E-state index contributed by atoms with van der Waals surface area (Å²) in [7, 11) is 0. The number of anilines is 2. The lowest BCUT2D eigenvalue weighted by Gasteiger charge is -2.36. The van der Waals surface area contributed by atoms with Crippen LogP contribution in [0.15, 0.2) is 53.4 Å². The summed E-state index contributed by atoms with van der Waals surface area (Å²) in [4.78, 5) is 18.0. The summed E-state index contributed by atoms with van der Waals surface area (Å²) in [5.74, 6) is 0.0670. The maximum atomic E-state index is 12.6. The van der Waals surface area contributed by atoms with Gasteiger partial charge in [0.15, 0.2) is 15.8 Å². The van der Waals surface area contributed by atoms with Gasteiger partial charge in [-0.1, -0.05) is 18.2 Å². The van der Waals surface area contributed by atoms with E-state index in [-0.39, 0.29) is 10.9 Å². The van der Waals surface area contributed by atoms with E-state index in [1.807, 2.05) is 6.07 Å². The summed E-state index contributed by atoms with van der Waals surface area (Å²) >= 11 is 3.68. The Labute approximate surface area is 186 Å². The number of benzene rings is 2. The molecule has 1 heterocycles. The van der Waals surface area contributed by atoms with E-state index < -0.39 is 11.2 Å². The van der Waals surface area contributed by atoms with Crippen LogP contribution < -0.4 is 16.0 Å². The smallest absolute Gasteiger partial charge is 0.175 e. The molecule has 0 spiro atoms. The lowest BCUT2D eigenvalue weighted by molar-refractivity contribution is 0.0974. The number of nitrogens with one attached hydrogen (secondary N) is 1. The highest BCUT2D eigenvalue weighted by Crippen LogP contribution is 2.24. The number of piperazine rings is 1. The van der Waals surface area contributed by atoms with E-state index in [0.717, 1.165) is 39.1 Å². The van der Waals surface area contributed by atoms with Gasteiger partial charge in [-0.05, 0) is 66.7 Å². The lowest BCUT2D eigenvalue weighted by atomic mass is 10.1. The van der Waals surface area contributed by atoms with E-state index >= 15 is 0 Å². The Hall–Kier alpha value is -2.13. The Kier molecular flexibility index (Phi) is 8.09. The molecule has 1 saturated heterocycles. The van der Waals surface area contributed by atoms with E-state index in [9.17, 15) is 9.35 Å². The normalized spacial score (nSPS) is 15.6. The van der Waals surface area contributed by atoms with Crippen LogP contribution in [0, 0.1) is 0 Å². The highest BCUT2D eigenvalue weighted by Gasteiger charge is 2.18. The van der Waals surface area contributed by atoms with Crippen LogP contribution in [0.1, 0.15) is 23.2 Å². The number of ketones is 1. The van der Waals surface area contributed by atoms with E-state index in [2.05, 4.69) is 39.4 Å². The van der Waals surface area contributed by atoms with Gasteiger partial charge in [-0.25, -0.2) is 0 Å². The number of nitrogens with two attached hydrogens (primary N) is 1. The predicted octanol–water partition coefficient (Wildman–Crippen LogP) is 2.86. The first-order valence-electron chi connectivity index (χ1n) is 10.0. The molecule has 3 rings (SSSR count). The number of para-hydroxylation sites is 1. The number of hydrogen-bond acceptors (Lipinski definition) is 5. The molecule has 1 fully saturated rings. The summed E-state index contributed by atoms with van der Waals surface area (Å²) in [5, 5.41) is 2.91. The maximum absolute atomic E-state index is 12.6. The Morgan fingerprint density at radius 1 is 1.17 bits per heavy atom. The Balaban J connectivity index is 1.48. The third-order valence-corrected chi connectivity index (χ3v) is 6.32. The molecule has 1 aliphatic rings. The van der Waals surface area contributed by atoms with Crippen LogP contribution in [-0.2, 0) is 11.2 Å². The number of hydrogen-bond donors (Lipinski definition) is 2. The zero-order valence-corrected chi connectivity index (χ0v) is 18.8. The van der Waals surface area contributed by atoms with Crippen LogP contribution in [0.25, 0.3) is 0 Å². The van der Waals surface area contributed by atoms with Crippen molar-refractivity contribution in [3.8, 4) is 0 Å². The molecule has 1 aliphatic heterocycles. The van der Waals surface area contributed by atoms with Gasteiger partial charge in [-0.3, -0.25) is 9.69 Å². The molecule has 0 amide bonds. The minimum atomic E-state index is -1.20. The van der Waals surface area contributed by atoms with Crippen LogP contribution in [0.5, 0.6) is 0 Å². The number of rotatable bonds is 8. The molecule has 2 aromatic rings. The van der Waals surface area contributed by atoms with Crippen molar-refractivity contribution in [1.29, 1.82) is 0 Å². The summed E-state index contributed by atoms with van der Waals surface area (Å²) in [6.45, 7) is 4.91. The summed E-state index contributed by atoms with van der Waals surface area (Å²) in [6.07, 6.45) is 2.86. The average Bonchev–Trinajstić information content (AvgIpc) is 2.74. The highest BCUT2D eigenvalue weighted by molar-refractivity contribution is 7.90. The molecule has 6 nitrogen and oxygen atoms in total. The Morgan fingerprint density at radius 3 is 2.50 bits per heavy atom. The molecule has 8 heteroatoms. The number of nitrogens with zero attached hydrogens (tertiary/aromatic N) is 2. The second-order valence-corrected chi connectivity index (χ2v) is 9.13. The molecule has 0 aromatic heterocycles. The second kappa shape index (κ2) is 10.8. The van der Waals surface area contributed by atoms with Crippen LogP contribution in [-0.4, -0.2) is 59.3 Å². The van der Waals surface area contributed by atoms with Gasteiger partial charge in [0.25, 0.3) is 0 Å². The van der Waals surface area contributed by atoms with E-state index in [0.29, 0.717) is 22.6 Å². The standard InChI is InChI=1S/C22H28N4O2S2/c1-30(28)21-10-9-17(16-19(21)24-22(23)29)20(27)8-5-11-25-12-14-26(15-13-25)18-6-3-2-4-7-18/h2-4,6-7,9-10,16H,5,8,11-15H2,1H3,(H3,23,24,29). The second-order valence-electron chi connectivity index (χ2n) is 7.35. The molecule has 0 aliphatic carbocycles.